The molecule has 34 heavy (non-hydrogen) atoms. The topological polar surface area (TPSA) is 36.9 Å². The van der Waals surface area contributed by atoms with Gasteiger partial charge < -0.3 is 18.9 Å². The van der Waals surface area contributed by atoms with E-state index in [2.05, 4.69) is 6.58 Å². The molecule has 0 unspecified atom stereocenters. The predicted octanol–water partition coefficient (Wildman–Crippen LogP) is 4.85. The molecule has 1 fully saturated rings. The standard InChI is InChI=1S/C26H24BF3O4/c1-2-24-32-13-20(14-33-24)31-12-19-8-7-18(11-22(19)28)16-3-5-17(6-4-16)21-9-10-23(34-15-27)26(30)25(21)29/h2-11,20,24H,1,12-15,27H2. The Bertz CT molecular complexity index is 1150. The maximum atomic E-state index is 14.7. The van der Waals surface area contributed by atoms with Gasteiger partial charge in [-0.05, 0) is 41.0 Å². The quantitative estimate of drug-likeness (QED) is 0.350. The van der Waals surface area contributed by atoms with Crippen LogP contribution in [0.15, 0.2) is 67.3 Å². The number of ether oxygens (including phenoxy) is 4. The summed E-state index contributed by atoms with van der Waals surface area (Å²) in [4.78, 5) is 0. The molecular weight excluding hydrogens is 444 g/mol. The number of rotatable bonds is 8. The van der Waals surface area contributed by atoms with E-state index in [0.29, 0.717) is 29.9 Å². The third-order valence-electron chi connectivity index (χ3n) is 5.49. The molecule has 3 aromatic carbocycles. The van der Waals surface area contributed by atoms with Gasteiger partial charge in [0.2, 0.25) is 5.82 Å². The summed E-state index contributed by atoms with van der Waals surface area (Å²) >= 11 is 0. The second kappa shape index (κ2) is 10.9. The lowest BCUT2D eigenvalue weighted by Gasteiger charge is -2.27. The summed E-state index contributed by atoms with van der Waals surface area (Å²) in [5.74, 6) is -2.51. The lowest BCUT2D eigenvalue weighted by Crippen LogP contribution is -2.36. The van der Waals surface area contributed by atoms with Gasteiger partial charge in [0.15, 0.2) is 25.7 Å². The monoisotopic (exact) mass is 468 g/mol. The van der Waals surface area contributed by atoms with Crippen LogP contribution in [0, 0.1) is 17.5 Å². The first-order valence-corrected chi connectivity index (χ1v) is 11.0. The molecular formula is C26H24BF3O4. The maximum Gasteiger partial charge on any atom is 0.201 e. The number of hydrogen-bond acceptors (Lipinski definition) is 4. The fraction of sp³-hybridized carbons (Fsp3) is 0.231. The molecule has 0 aliphatic carbocycles. The van der Waals surface area contributed by atoms with E-state index in [0.717, 1.165) is 5.56 Å². The van der Waals surface area contributed by atoms with Gasteiger partial charge in [0.1, 0.15) is 11.9 Å². The highest BCUT2D eigenvalue weighted by atomic mass is 19.2. The van der Waals surface area contributed by atoms with Crippen molar-refractivity contribution in [3.05, 3.63) is 90.3 Å². The van der Waals surface area contributed by atoms with Crippen molar-refractivity contribution in [2.24, 2.45) is 0 Å². The van der Waals surface area contributed by atoms with Crippen molar-refractivity contribution in [1.82, 2.24) is 0 Å². The number of hydrogen-bond donors (Lipinski definition) is 0. The van der Waals surface area contributed by atoms with Crippen molar-refractivity contribution >= 4 is 7.85 Å². The van der Waals surface area contributed by atoms with Gasteiger partial charge >= 0.3 is 0 Å². The maximum absolute atomic E-state index is 14.7. The first-order chi connectivity index (χ1) is 16.5. The molecule has 4 rings (SSSR count). The van der Waals surface area contributed by atoms with Crippen molar-refractivity contribution in [1.29, 1.82) is 0 Å². The van der Waals surface area contributed by atoms with E-state index < -0.39 is 23.7 Å². The Morgan fingerprint density at radius 3 is 2.24 bits per heavy atom. The van der Waals surface area contributed by atoms with E-state index in [-0.39, 0.29) is 30.5 Å². The largest absolute Gasteiger partial charge is 0.500 e. The van der Waals surface area contributed by atoms with Crippen molar-refractivity contribution in [3.8, 4) is 28.0 Å². The van der Waals surface area contributed by atoms with Gasteiger partial charge in [-0.1, -0.05) is 43.0 Å². The third-order valence-corrected chi connectivity index (χ3v) is 5.49. The van der Waals surface area contributed by atoms with Crippen LogP contribution in [0.3, 0.4) is 0 Å². The molecule has 0 radical (unpaired) electrons. The van der Waals surface area contributed by atoms with Gasteiger partial charge in [-0.3, -0.25) is 0 Å². The van der Waals surface area contributed by atoms with Gasteiger partial charge in [-0.15, -0.1) is 0 Å². The smallest absolute Gasteiger partial charge is 0.201 e. The minimum atomic E-state index is -1.02. The Kier molecular flexibility index (Phi) is 7.72. The summed E-state index contributed by atoms with van der Waals surface area (Å²) in [5, 5.41) is 0. The first kappa shape index (κ1) is 24.1. The van der Waals surface area contributed by atoms with Crippen LogP contribution in [0.5, 0.6) is 5.75 Å². The van der Waals surface area contributed by atoms with E-state index >= 15 is 0 Å². The minimum Gasteiger partial charge on any atom is -0.500 e. The molecule has 0 bridgehead atoms. The van der Waals surface area contributed by atoms with Crippen LogP contribution < -0.4 is 4.74 Å². The third kappa shape index (κ3) is 5.36. The van der Waals surface area contributed by atoms with Crippen LogP contribution in [0.25, 0.3) is 22.3 Å². The molecule has 0 saturated carbocycles. The van der Waals surface area contributed by atoms with Gasteiger partial charge in [-0.25, -0.2) is 8.78 Å². The van der Waals surface area contributed by atoms with Crippen LogP contribution in [-0.2, 0) is 20.8 Å². The van der Waals surface area contributed by atoms with E-state index in [4.69, 9.17) is 18.9 Å². The van der Waals surface area contributed by atoms with E-state index in [9.17, 15) is 13.2 Å². The fourth-order valence-electron chi connectivity index (χ4n) is 3.65. The Hall–Kier alpha value is -3.07. The van der Waals surface area contributed by atoms with E-state index in [1.54, 1.807) is 50.3 Å². The lowest BCUT2D eigenvalue weighted by atomic mass is 9.99. The fourth-order valence-corrected chi connectivity index (χ4v) is 3.65. The Morgan fingerprint density at radius 1 is 0.912 bits per heavy atom. The molecule has 0 N–H and O–H groups in total. The molecule has 176 valence electrons. The van der Waals surface area contributed by atoms with Crippen LogP contribution in [0.4, 0.5) is 13.2 Å². The van der Waals surface area contributed by atoms with E-state index in [1.807, 2.05) is 0 Å². The van der Waals surface area contributed by atoms with Crippen LogP contribution in [0.1, 0.15) is 5.56 Å². The van der Waals surface area contributed by atoms with Crippen molar-refractivity contribution in [3.63, 3.8) is 0 Å². The highest BCUT2D eigenvalue weighted by Gasteiger charge is 2.21. The van der Waals surface area contributed by atoms with Crippen molar-refractivity contribution < 1.29 is 32.1 Å². The zero-order valence-corrected chi connectivity index (χ0v) is 18.7. The van der Waals surface area contributed by atoms with Crippen LogP contribution >= 0.6 is 0 Å². The zero-order chi connectivity index (χ0) is 24.1. The molecule has 1 saturated heterocycles. The second-order valence-corrected chi connectivity index (χ2v) is 7.76. The molecule has 0 atom stereocenters. The second-order valence-electron chi connectivity index (χ2n) is 7.76. The van der Waals surface area contributed by atoms with E-state index in [1.165, 1.54) is 18.2 Å². The highest BCUT2D eigenvalue weighted by molar-refractivity contribution is 6.08. The predicted molar refractivity (Wildman–Crippen MR) is 126 cm³/mol. The molecule has 0 amide bonds. The first-order valence-electron chi connectivity index (χ1n) is 11.0. The minimum absolute atomic E-state index is 0.0871. The molecule has 4 nitrogen and oxygen atoms in total. The lowest BCUT2D eigenvalue weighted by molar-refractivity contribution is -0.207. The van der Waals surface area contributed by atoms with Gasteiger partial charge in [0, 0.05) is 11.1 Å². The average Bonchev–Trinajstić information content (AvgIpc) is 2.87. The molecule has 0 aromatic heterocycles. The van der Waals surface area contributed by atoms with Gasteiger partial charge in [0.05, 0.1) is 26.3 Å². The summed E-state index contributed by atoms with van der Waals surface area (Å²) in [6, 6.07) is 14.6. The van der Waals surface area contributed by atoms with Crippen LogP contribution in [-0.4, -0.2) is 40.0 Å². The van der Waals surface area contributed by atoms with Crippen molar-refractivity contribution in [2.45, 2.75) is 19.0 Å². The SMILES string of the molecule is BCOc1ccc(-c2ccc(-c3ccc(COC4COC(C=C)OC4)c(F)c3)cc2)c(F)c1F. The normalized spacial score (nSPS) is 18.0. The van der Waals surface area contributed by atoms with Gasteiger partial charge in [-0.2, -0.15) is 4.39 Å². The summed E-state index contributed by atoms with van der Waals surface area (Å²) in [6.07, 6.45) is 0.844. The Labute approximate surface area is 197 Å². The summed E-state index contributed by atoms with van der Waals surface area (Å²) < 4.78 is 65.0. The molecule has 1 aliphatic rings. The Balaban J connectivity index is 1.43. The van der Waals surface area contributed by atoms with Crippen LogP contribution in [0.2, 0.25) is 0 Å². The molecule has 1 heterocycles. The van der Waals surface area contributed by atoms with Crippen molar-refractivity contribution in [2.75, 3.05) is 19.7 Å². The number of benzene rings is 3. The zero-order valence-electron chi connectivity index (χ0n) is 18.7. The Morgan fingerprint density at radius 2 is 1.59 bits per heavy atom. The molecule has 1 aliphatic heterocycles. The average molecular weight is 468 g/mol. The highest BCUT2D eigenvalue weighted by Crippen LogP contribution is 2.31. The van der Waals surface area contributed by atoms with Gasteiger partial charge in [0.25, 0.3) is 0 Å². The molecule has 3 aromatic rings. The molecule has 0 spiro atoms. The summed E-state index contributed by atoms with van der Waals surface area (Å²) in [6.45, 7) is 4.63. The summed E-state index contributed by atoms with van der Waals surface area (Å²) in [7, 11) is 1.70. The molecule has 8 heteroatoms. The summed E-state index contributed by atoms with van der Waals surface area (Å²) in [5.41, 5.74) is 2.44. The number of halogens is 3.